The molecular formula is C21H18N6O7. The molecule has 0 bridgehead atoms. The summed E-state index contributed by atoms with van der Waals surface area (Å²) in [6.07, 6.45) is 0. The fourth-order valence-electron chi connectivity index (χ4n) is 3.58. The maximum Gasteiger partial charge on any atom is 0.355 e. The van der Waals surface area contributed by atoms with E-state index < -0.39 is 22.7 Å². The van der Waals surface area contributed by atoms with Gasteiger partial charge >= 0.3 is 5.97 Å². The van der Waals surface area contributed by atoms with Crippen molar-refractivity contribution in [2.45, 2.75) is 13.0 Å². The van der Waals surface area contributed by atoms with Gasteiger partial charge in [-0.25, -0.2) is 4.79 Å². The van der Waals surface area contributed by atoms with Crippen LogP contribution in [0.15, 0.2) is 53.7 Å². The van der Waals surface area contributed by atoms with Crippen LogP contribution in [0.2, 0.25) is 0 Å². The van der Waals surface area contributed by atoms with Gasteiger partial charge in [0.15, 0.2) is 17.3 Å². The maximum atomic E-state index is 13.7. The summed E-state index contributed by atoms with van der Waals surface area (Å²) in [7, 11) is 1.15. The van der Waals surface area contributed by atoms with E-state index in [1.54, 1.807) is 6.92 Å². The fraction of sp³-hybridized carbons (Fsp3) is 0.190. The van der Waals surface area contributed by atoms with E-state index in [4.69, 9.17) is 9.47 Å². The first kappa shape index (κ1) is 22.4. The average molecular weight is 466 g/mol. The van der Waals surface area contributed by atoms with Gasteiger partial charge in [-0.15, -0.1) is 0 Å². The van der Waals surface area contributed by atoms with E-state index in [0.717, 1.165) is 13.2 Å². The van der Waals surface area contributed by atoms with Gasteiger partial charge in [0.1, 0.15) is 11.7 Å². The molecule has 4 rings (SSSR count). The standard InChI is InChI=1S/C21H18N6O7/c1-3-34-15-10-11(7-8-14(15)28)18-16(19(29)12-5-4-6-13(9-12)27(31)32)17(20(30)33-2)22-21-23-24-25-26(18)21/h4-10,18,28H,3H2,1-2H3,(H,22,23,25)/t18-/m0/s1. The Balaban J connectivity index is 1.95. The van der Waals surface area contributed by atoms with Crippen LogP contribution in [0.5, 0.6) is 11.5 Å². The Bertz CT molecular complexity index is 1330. The van der Waals surface area contributed by atoms with Crippen molar-refractivity contribution < 1.29 is 29.1 Å². The molecule has 13 heteroatoms. The van der Waals surface area contributed by atoms with E-state index >= 15 is 0 Å². The predicted octanol–water partition coefficient (Wildman–Crippen LogP) is 2.01. The molecule has 1 aliphatic heterocycles. The van der Waals surface area contributed by atoms with Crippen molar-refractivity contribution in [1.82, 2.24) is 20.2 Å². The number of nitrogens with zero attached hydrogens (tertiary/aromatic N) is 5. The van der Waals surface area contributed by atoms with Gasteiger partial charge in [-0.2, -0.15) is 4.68 Å². The molecule has 0 spiro atoms. The third-order valence-corrected chi connectivity index (χ3v) is 5.07. The summed E-state index contributed by atoms with van der Waals surface area (Å²) in [5, 5.41) is 35.5. The lowest BCUT2D eigenvalue weighted by molar-refractivity contribution is -0.384. The molecular weight excluding hydrogens is 448 g/mol. The van der Waals surface area contributed by atoms with Crippen molar-refractivity contribution in [3.8, 4) is 11.5 Å². The number of aromatic nitrogens is 4. The molecule has 1 aliphatic rings. The molecule has 2 aromatic carbocycles. The first-order chi connectivity index (χ1) is 16.3. The Hall–Kier alpha value is -4.81. The topological polar surface area (TPSA) is 172 Å². The van der Waals surface area contributed by atoms with Crippen molar-refractivity contribution in [3.63, 3.8) is 0 Å². The molecule has 0 amide bonds. The molecule has 0 aliphatic carbocycles. The molecule has 0 radical (unpaired) electrons. The van der Waals surface area contributed by atoms with Crippen LogP contribution in [0.3, 0.4) is 0 Å². The number of nitrogens with one attached hydrogen (secondary N) is 1. The lowest BCUT2D eigenvalue weighted by Crippen LogP contribution is -2.33. The Morgan fingerprint density at radius 2 is 2.06 bits per heavy atom. The monoisotopic (exact) mass is 466 g/mol. The zero-order chi connectivity index (χ0) is 24.4. The minimum absolute atomic E-state index is 0.0299. The number of tetrazole rings is 1. The van der Waals surface area contributed by atoms with Crippen LogP contribution in [-0.2, 0) is 9.53 Å². The number of hydrogen-bond acceptors (Lipinski definition) is 11. The third-order valence-electron chi connectivity index (χ3n) is 5.07. The molecule has 0 fully saturated rings. The Kier molecular flexibility index (Phi) is 5.91. The summed E-state index contributed by atoms with van der Waals surface area (Å²) in [4.78, 5) is 37.0. The van der Waals surface area contributed by atoms with Crippen LogP contribution in [0.25, 0.3) is 0 Å². The normalized spacial score (nSPS) is 14.7. The number of phenolic OH excluding ortho intramolecular Hbond substituents is 1. The summed E-state index contributed by atoms with van der Waals surface area (Å²) < 4.78 is 11.6. The van der Waals surface area contributed by atoms with Gasteiger partial charge in [0, 0.05) is 17.7 Å². The number of nitro groups is 1. The second-order valence-electron chi connectivity index (χ2n) is 7.05. The molecule has 174 valence electrons. The van der Waals surface area contributed by atoms with E-state index in [1.165, 1.54) is 41.1 Å². The third kappa shape index (κ3) is 3.90. The van der Waals surface area contributed by atoms with Crippen LogP contribution in [0.4, 0.5) is 11.6 Å². The van der Waals surface area contributed by atoms with Gasteiger partial charge in [-0.1, -0.05) is 23.3 Å². The Labute approximate surface area is 191 Å². The molecule has 1 aromatic heterocycles. The highest BCUT2D eigenvalue weighted by atomic mass is 16.6. The predicted molar refractivity (Wildman–Crippen MR) is 115 cm³/mol. The van der Waals surface area contributed by atoms with Crippen molar-refractivity contribution in [2.24, 2.45) is 0 Å². The van der Waals surface area contributed by atoms with Gasteiger partial charge in [-0.3, -0.25) is 14.9 Å². The number of Topliss-reactive ketones (excluding diaryl/α,β-unsaturated/α-hetero) is 1. The van der Waals surface area contributed by atoms with Gasteiger partial charge in [-0.05, 0) is 35.0 Å². The molecule has 2 N–H and O–H groups in total. The molecule has 0 saturated heterocycles. The second-order valence-corrected chi connectivity index (χ2v) is 7.05. The number of rotatable bonds is 7. The Morgan fingerprint density at radius 1 is 1.26 bits per heavy atom. The number of fused-ring (bicyclic) bond motifs is 1. The molecule has 13 nitrogen and oxygen atoms in total. The molecule has 0 saturated carbocycles. The van der Waals surface area contributed by atoms with Gasteiger partial charge in [0.25, 0.3) is 5.69 Å². The number of carbonyl (C=O) groups excluding carboxylic acids is 2. The highest BCUT2D eigenvalue weighted by molar-refractivity contribution is 6.15. The van der Waals surface area contributed by atoms with Crippen LogP contribution < -0.4 is 10.1 Å². The van der Waals surface area contributed by atoms with E-state index in [1.807, 2.05) is 0 Å². The summed E-state index contributed by atoms with van der Waals surface area (Å²) in [6.45, 7) is 2.00. The number of phenols is 1. The lowest BCUT2D eigenvalue weighted by Gasteiger charge is -2.28. The number of methoxy groups -OCH3 is 1. The lowest BCUT2D eigenvalue weighted by atomic mass is 9.89. The van der Waals surface area contributed by atoms with Crippen LogP contribution in [0.1, 0.15) is 28.9 Å². The van der Waals surface area contributed by atoms with Crippen molar-refractivity contribution >= 4 is 23.4 Å². The number of esters is 1. The minimum atomic E-state index is -1.05. The van der Waals surface area contributed by atoms with Crippen LogP contribution in [-0.4, -0.2) is 55.7 Å². The maximum absolute atomic E-state index is 13.7. The Morgan fingerprint density at radius 3 is 2.76 bits per heavy atom. The number of benzene rings is 2. The number of ether oxygens (including phenoxy) is 2. The first-order valence-corrected chi connectivity index (χ1v) is 9.98. The molecule has 3 aromatic rings. The number of aromatic hydroxyl groups is 1. The van der Waals surface area contributed by atoms with E-state index in [9.17, 15) is 24.8 Å². The highest BCUT2D eigenvalue weighted by Gasteiger charge is 2.39. The SMILES string of the molecule is CCOc1cc([C@H]2C(C(=O)c3cccc([N+](=O)[O-])c3)=C(C(=O)OC)Nc3nnnn32)ccc1O. The zero-order valence-electron chi connectivity index (χ0n) is 18.0. The van der Waals surface area contributed by atoms with Crippen LogP contribution in [0, 0.1) is 10.1 Å². The van der Waals surface area contributed by atoms with E-state index in [-0.39, 0.29) is 46.6 Å². The summed E-state index contributed by atoms with van der Waals surface area (Å²) in [5.41, 5.74) is -0.250. The number of carbonyl (C=O) groups is 2. The van der Waals surface area contributed by atoms with Crippen molar-refractivity contribution in [1.29, 1.82) is 0 Å². The molecule has 34 heavy (non-hydrogen) atoms. The quantitative estimate of drug-likeness (QED) is 0.226. The number of hydrogen-bond donors (Lipinski definition) is 2. The minimum Gasteiger partial charge on any atom is -0.504 e. The zero-order valence-corrected chi connectivity index (χ0v) is 18.0. The van der Waals surface area contributed by atoms with E-state index in [0.29, 0.717) is 5.56 Å². The number of allylic oxidation sites excluding steroid dienone is 1. The smallest absolute Gasteiger partial charge is 0.355 e. The van der Waals surface area contributed by atoms with Gasteiger partial charge in [0.05, 0.1) is 24.2 Å². The number of anilines is 1. The fourth-order valence-corrected chi connectivity index (χ4v) is 3.58. The second kappa shape index (κ2) is 8.97. The number of nitro benzene ring substituents is 1. The van der Waals surface area contributed by atoms with Crippen molar-refractivity contribution in [2.75, 3.05) is 19.0 Å². The largest absolute Gasteiger partial charge is 0.504 e. The highest BCUT2D eigenvalue weighted by Crippen LogP contribution is 2.39. The summed E-state index contributed by atoms with van der Waals surface area (Å²) in [5.74, 6) is -1.47. The van der Waals surface area contributed by atoms with Crippen molar-refractivity contribution in [3.05, 3.63) is 75.0 Å². The van der Waals surface area contributed by atoms with Crippen LogP contribution >= 0.6 is 0 Å². The summed E-state index contributed by atoms with van der Waals surface area (Å²) >= 11 is 0. The first-order valence-electron chi connectivity index (χ1n) is 9.98. The summed E-state index contributed by atoms with van der Waals surface area (Å²) in [6, 6.07) is 8.46. The van der Waals surface area contributed by atoms with Gasteiger partial charge in [0.2, 0.25) is 5.95 Å². The van der Waals surface area contributed by atoms with E-state index in [2.05, 4.69) is 20.8 Å². The number of ketones is 1. The molecule has 0 unspecified atom stereocenters. The molecule has 2 heterocycles. The molecule has 1 atom stereocenters. The average Bonchev–Trinajstić information content (AvgIpc) is 3.32. The number of non-ortho nitro benzene ring substituents is 1. The van der Waals surface area contributed by atoms with Gasteiger partial charge < -0.3 is 19.9 Å².